The van der Waals surface area contributed by atoms with E-state index in [4.69, 9.17) is 5.73 Å². The van der Waals surface area contributed by atoms with Gasteiger partial charge in [0.2, 0.25) is 17.0 Å². The maximum Gasteiger partial charge on any atom is 0.248 e. The van der Waals surface area contributed by atoms with Crippen molar-refractivity contribution in [3.63, 3.8) is 0 Å². The standard InChI is InChI=1S/C21H20FN5OS/c1-12-7-9-14(10-8-12)18-17(19(23)28)13(2)24-20-25-21(26-27(18)20)29-11-15-5-3-4-6-16(15)22/h3-10,18H,11H2,1-2H3,(H2,23,28)(H,24,25,26). The van der Waals surface area contributed by atoms with Gasteiger partial charge in [-0.05, 0) is 31.0 Å². The van der Waals surface area contributed by atoms with Gasteiger partial charge in [0.25, 0.3) is 0 Å². The molecule has 0 spiro atoms. The zero-order valence-corrected chi connectivity index (χ0v) is 16.8. The van der Waals surface area contributed by atoms with Crippen LogP contribution in [0.1, 0.15) is 29.7 Å². The number of carbonyl (C=O) groups excluding carboxylic acids is 1. The van der Waals surface area contributed by atoms with E-state index < -0.39 is 11.9 Å². The van der Waals surface area contributed by atoms with Gasteiger partial charge < -0.3 is 11.1 Å². The fraction of sp³-hybridized carbons (Fsp3) is 0.190. The predicted molar refractivity (Wildman–Crippen MR) is 111 cm³/mol. The third kappa shape index (κ3) is 3.75. The topological polar surface area (TPSA) is 85.8 Å². The SMILES string of the molecule is CC1=C(C(N)=O)C(c2ccc(C)cc2)n2nc(SCc3ccccc3F)nc2N1. The summed E-state index contributed by atoms with van der Waals surface area (Å²) in [7, 11) is 0. The van der Waals surface area contributed by atoms with Crippen LogP contribution in [-0.2, 0) is 10.5 Å². The highest BCUT2D eigenvalue weighted by Crippen LogP contribution is 2.36. The number of anilines is 1. The Balaban J connectivity index is 1.69. The number of nitrogens with one attached hydrogen (secondary N) is 1. The second-order valence-electron chi connectivity index (χ2n) is 6.88. The van der Waals surface area contributed by atoms with E-state index in [1.165, 1.54) is 17.8 Å². The number of hydrogen-bond donors (Lipinski definition) is 2. The van der Waals surface area contributed by atoms with Crippen molar-refractivity contribution in [3.05, 3.63) is 82.3 Å². The lowest BCUT2D eigenvalue weighted by Gasteiger charge is -2.27. The average Bonchev–Trinajstić information content (AvgIpc) is 3.09. The smallest absolute Gasteiger partial charge is 0.248 e. The van der Waals surface area contributed by atoms with Crippen molar-refractivity contribution in [1.82, 2.24) is 14.8 Å². The molecule has 0 saturated heterocycles. The Hall–Kier alpha value is -3.13. The number of nitrogens with two attached hydrogens (primary N) is 1. The van der Waals surface area contributed by atoms with E-state index in [0.717, 1.165) is 11.1 Å². The van der Waals surface area contributed by atoms with Gasteiger partial charge in [-0.25, -0.2) is 9.07 Å². The summed E-state index contributed by atoms with van der Waals surface area (Å²) < 4.78 is 15.6. The average molecular weight is 409 g/mol. The van der Waals surface area contributed by atoms with Gasteiger partial charge in [-0.15, -0.1) is 5.10 Å². The minimum absolute atomic E-state index is 0.256. The van der Waals surface area contributed by atoms with Gasteiger partial charge in [-0.1, -0.05) is 59.8 Å². The third-order valence-corrected chi connectivity index (χ3v) is 5.69. The van der Waals surface area contributed by atoms with Gasteiger partial charge in [-0.3, -0.25) is 4.79 Å². The zero-order valence-electron chi connectivity index (χ0n) is 16.0. The van der Waals surface area contributed by atoms with Crippen LogP contribution in [0, 0.1) is 12.7 Å². The number of aromatic nitrogens is 3. The zero-order chi connectivity index (χ0) is 20.5. The summed E-state index contributed by atoms with van der Waals surface area (Å²) in [5, 5.41) is 8.19. The van der Waals surface area contributed by atoms with Gasteiger partial charge in [0.15, 0.2) is 0 Å². The maximum atomic E-state index is 13.9. The first-order valence-electron chi connectivity index (χ1n) is 9.11. The fourth-order valence-corrected chi connectivity index (χ4v) is 4.14. The number of halogens is 1. The number of carbonyl (C=O) groups is 1. The quantitative estimate of drug-likeness (QED) is 0.626. The summed E-state index contributed by atoms with van der Waals surface area (Å²) in [6.07, 6.45) is 0. The number of nitrogens with zero attached hydrogens (tertiary/aromatic N) is 3. The molecule has 0 bridgehead atoms. The van der Waals surface area contributed by atoms with E-state index in [0.29, 0.717) is 33.7 Å². The summed E-state index contributed by atoms with van der Waals surface area (Å²) in [6, 6.07) is 14.0. The normalized spacial score (nSPS) is 15.8. The number of aryl methyl sites for hydroxylation is 1. The Morgan fingerprint density at radius 3 is 2.62 bits per heavy atom. The van der Waals surface area contributed by atoms with Crippen molar-refractivity contribution in [2.75, 3.05) is 5.32 Å². The fourth-order valence-electron chi connectivity index (χ4n) is 3.33. The summed E-state index contributed by atoms with van der Waals surface area (Å²) in [4.78, 5) is 16.7. The number of amides is 1. The lowest BCUT2D eigenvalue weighted by molar-refractivity contribution is -0.115. The lowest BCUT2D eigenvalue weighted by Crippen LogP contribution is -2.31. The van der Waals surface area contributed by atoms with Crippen LogP contribution >= 0.6 is 11.8 Å². The first-order chi connectivity index (χ1) is 13.9. The molecule has 6 nitrogen and oxygen atoms in total. The number of benzene rings is 2. The second-order valence-corrected chi connectivity index (χ2v) is 7.83. The highest BCUT2D eigenvalue weighted by molar-refractivity contribution is 7.98. The number of hydrogen-bond acceptors (Lipinski definition) is 5. The van der Waals surface area contributed by atoms with E-state index in [1.54, 1.807) is 29.8 Å². The van der Waals surface area contributed by atoms with Crippen LogP contribution in [0.3, 0.4) is 0 Å². The minimum atomic E-state index is -0.512. The number of primary amides is 1. The Morgan fingerprint density at radius 1 is 1.21 bits per heavy atom. The Labute approximate surface area is 172 Å². The van der Waals surface area contributed by atoms with Gasteiger partial charge in [-0.2, -0.15) is 4.98 Å². The van der Waals surface area contributed by atoms with Crippen molar-refractivity contribution in [2.45, 2.75) is 30.8 Å². The van der Waals surface area contributed by atoms with E-state index in [1.807, 2.05) is 31.2 Å². The van der Waals surface area contributed by atoms with Crippen molar-refractivity contribution >= 4 is 23.6 Å². The van der Waals surface area contributed by atoms with Gasteiger partial charge in [0.1, 0.15) is 11.9 Å². The molecule has 2 aromatic carbocycles. The summed E-state index contributed by atoms with van der Waals surface area (Å²) in [6.45, 7) is 3.80. The minimum Gasteiger partial charge on any atom is -0.366 e. The molecule has 1 aliphatic heterocycles. The van der Waals surface area contributed by atoms with Crippen molar-refractivity contribution < 1.29 is 9.18 Å². The van der Waals surface area contributed by atoms with Gasteiger partial charge in [0, 0.05) is 11.4 Å². The molecule has 2 heterocycles. The first kappa shape index (κ1) is 19.2. The summed E-state index contributed by atoms with van der Waals surface area (Å²) >= 11 is 1.33. The summed E-state index contributed by atoms with van der Waals surface area (Å²) in [5.74, 6) is 0.157. The van der Waals surface area contributed by atoms with E-state index in [2.05, 4.69) is 15.4 Å². The largest absolute Gasteiger partial charge is 0.366 e. The highest BCUT2D eigenvalue weighted by Gasteiger charge is 2.33. The predicted octanol–water partition coefficient (Wildman–Crippen LogP) is 3.79. The highest BCUT2D eigenvalue weighted by atomic mass is 32.2. The van der Waals surface area contributed by atoms with Crippen LogP contribution in [-0.4, -0.2) is 20.7 Å². The number of allylic oxidation sites excluding steroid dienone is 1. The molecule has 1 unspecified atom stereocenters. The second kappa shape index (κ2) is 7.71. The molecule has 4 rings (SSSR count). The monoisotopic (exact) mass is 409 g/mol. The number of fused-ring (bicyclic) bond motifs is 1. The molecule has 0 saturated carbocycles. The first-order valence-corrected chi connectivity index (χ1v) is 10.1. The van der Waals surface area contributed by atoms with Crippen LogP contribution in [0.5, 0.6) is 0 Å². The molecule has 1 amide bonds. The Kier molecular flexibility index (Phi) is 5.10. The molecule has 0 radical (unpaired) electrons. The number of rotatable bonds is 5. The van der Waals surface area contributed by atoms with Gasteiger partial charge >= 0.3 is 0 Å². The molecular weight excluding hydrogens is 389 g/mol. The molecule has 8 heteroatoms. The van der Waals surface area contributed by atoms with Crippen LogP contribution < -0.4 is 11.1 Å². The van der Waals surface area contributed by atoms with Crippen LogP contribution in [0.2, 0.25) is 0 Å². The van der Waals surface area contributed by atoms with Crippen LogP contribution in [0.15, 0.2) is 65.0 Å². The van der Waals surface area contributed by atoms with E-state index in [9.17, 15) is 9.18 Å². The lowest BCUT2D eigenvalue weighted by atomic mass is 9.95. The Morgan fingerprint density at radius 2 is 1.93 bits per heavy atom. The molecular formula is C21H20FN5OS. The van der Waals surface area contributed by atoms with E-state index >= 15 is 0 Å². The number of thioether (sulfide) groups is 1. The molecule has 0 aliphatic carbocycles. The molecule has 3 N–H and O–H groups in total. The van der Waals surface area contributed by atoms with Crippen molar-refractivity contribution in [1.29, 1.82) is 0 Å². The van der Waals surface area contributed by atoms with Crippen molar-refractivity contribution in [3.8, 4) is 0 Å². The molecule has 148 valence electrons. The molecule has 1 atom stereocenters. The third-order valence-electron chi connectivity index (χ3n) is 4.81. The molecule has 1 aliphatic rings. The van der Waals surface area contributed by atoms with Crippen molar-refractivity contribution in [2.24, 2.45) is 5.73 Å². The van der Waals surface area contributed by atoms with Crippen LogP contribution in [0.4, 0.5) is 10.3 Å². The molecule has 0 fully saturated rings. The van der Waals surface area contributed by atoms with E-state index in [-0.39, 0.29) is 5.82 Å². The summed E-state index contributed by atoms with van der Waals surface area (Å²) in [5.41, 5.74) is 9.36. The molecule has 29 heavy (non-hydrogen) atoms. The molecule has 1 aromatic heterocycles. The Bertz CT molecular complexity index is 1110. The van der Waals surface area contributed by atoms with Crippen LogP contribution in [0.25, 0.3) is 0 Å². The van der Waals surface area contributed by atoms with Gasteiger partial charge in [0.05, 0.1) is 5.57 Å². The molecule has 3 aromatic rings. The maximum absolute atomic E-state index is 13.9.